The van der Waals surface area contributed by atoms with Crippen molar-refractivity contribution in [3.05, 3.63) is 23.8 Å². The van der Waals surface area contributed by atoms with E-state index in [2.05, 4.69) is 0 Å². The first-order chi connectivity index (χ1) is 6.72. The number of anilines is 1. The zero-order chi connectivity index (χ0) is 10.1. The fourth-order valence-electron chi connectivity index (χ4n) is 1.44. The largest absolute Gasteiger partial charge is 0.482 e. The van der Waals surface area contributed by atoms with Crippen molar-refractivity contribution in [1.29, 1.82) is 0 Å². The van der Waals surface area contributed by atoms with E-state index in [4.69, 9.17) is 10.5 Å². The molecule has 1 aromatic rings. The lowest BCUT2D eigenvalue weighted by atomic mass is 10.1. The van der Waals surface area contributed by atoms with E-state index < -0.39 is 0 Å². The molecule has 0 spiro atoms. The van der Waals surface area contributed by atoms with E-state index in [1.807, 2.05) is 18.2 Å². The smallest absolute Gasteiger partial charge is 0.264 e. The van der Waals surface area contributed by atoms with Gasteiger partial charge in [0.25, 0.3) is 5.91 Å². The third kappa shape index (κ3) is 1.33. The van der Waals surface area contributed by atoms with Crippen LogP contribution in [0.15, 0.2) is 18.2 Å². The topological polar surface area (TPSA) is 55.6 Å². The van der Waals surface area contributed by atoms with E-state index in [1.54, 1.807) is 11.9 Å². The van der Waals surface area contributed by atoms with Crippen molar-refractivity contribution in [1.82, 2.24) is 0 Å². The maximum Gasteiger partial charge on any atom is 0.264 e. The molecule has 74 valence electrons. The number of hydrogen-bond donors (Lipinski definition) is 1. The lowest BCUT2D eigenvalue weighted by molar-refractivity contribution is -0.120. The number of benzene rings is 1. The van der Waals surface area contributed by atoms with E-state index >= 15 is 0 Å². The molecular weight excluding hydrogens is 180 g/mol. The molecule has 0 radical (unpaired) electrons. The Bertz CT molecular complexity index is 376. The van der Waals surface area contributed by atoms with Crippen LogP contribution in [0, 0.1) is 0 Å². The van der Waals surface area contributed by atoms with Gasteiger partial charge >= 0.3 is 0 Å². The first-order valence-electron chi connectivity index (χ1n) is 4.44. The molecule has 0 aliphatic carbocycles. The zero-order valence-corrected chi connectivity index (χ0v) is 7.99. The highest BCUT2D eigenvalue weighted by molar-refractivity contribution is 5.97. The Kier molecular flexibility index (Phi) is 2.13. The fraction of sp³-hybridized carbons (Fsp3) is 0.300. The molecule has 2 rings (SSSR count). The van der Waals surface area contributed by atoms with Crippen molar-refractivity contribution in [3.8, 4) is 5.75 Å². The predicted molar refractivity (Wildman–Crippen MR) is 53.2 cm³/mol. The molecule has 0 saturated heterocycles. The minimum atomic E-state index is -0.0355. The maximum absolute atomic E-state index is 11.3. The summed E-state index contributed by atoms with van der Waals surface area (Å²) in [5, 5.41) is 0. The van der Waals surface area contributed by atoms with Crippen LogP contribution in [0.2, 0.25) is 0 Å². The molecule has 1 heterocycles. The van der Waals surface area contributed by atoms with Crippen LogP contribution in [0.1, 0.15) is 5.56 Å². The lowest BCUT2D eigenvalue weighted by Gasteiger charge is -2.26. The number of fused-ring (bicyclic) bond motifs is 1. The van der Waals surface area contributed by atoms with Gasteiger partial charge in [-0.2, -0.15) is 0 Å². The second-order valence-corrected chi connectivity index (χ2v) is 3.25. The zero-order valence-electron chi connectivity index (χ0n) is 7.99. The number of hydrogen-bond acceptors (Lipinski definition) is 3. The molecule has 0 unspecified atom stereocenters. The summed E-state index contributed by atoms with van der Waals surface area (Å²) < 4.78 is 5.27. The first-order valence-corrected chi connectivity index (χ1v) is 4.44. The van der Waals surface area contributed by atoms with Crippen LogP contribution in [0.4, 0.5) is 5.69 Å². The summed E-state index contributed by atoms with van der Waals surface area (Å²) in [4.78, 5) is 12.9. The third-order valence-corrected chi connectivity index (χ3v) is 2.35. The standard InChI is InChI=1S/C10H12N2O2/c1-12-8-4-7(5-11)2-3-9(8)14-6-10(12)13/h2-4H,5-6,11H2,1H3. The number of nitrogens with zero attached hydrogens (tertiary/aromatic N) is 1. The highest BCUT2D eigenvalue weighted by Gasteiger charge is 2.21. The highest BCUT2D eigenvalue weighted by Crippen LogP contribution is 2.31. The fourth-order valence-corrected chi connectivity index (χ4v) is 1.44. The summed E-state index contributed by atoms with van der Waals surface area (Å²) in [6.45, 7) is 0.584. The first kappa shape index (κ1) is 9.02. The Morgan fingerprint density at radius 3 is 3.07 bits per heavy atom. The molecule has 1 aliphatic rings. The highest BCUT2D eigenvalue weighted by atomic mass is 16.5. The molecule has 0 fully saturated rings. The van der Waals surface area contributed by atoms with E-state index in [9.17, 15) is 4.79 Å². The molecule has 4 nitrogen and oxygen atoms in total. The SMILES string of the molecule is CN1C(=O)COc2ccc(CN)cc21. The lowest BCUT2D eigenvalue weighted by Crippen LogP contribution is -2.35. The molecule has 0 aromatic heterocycles. The van der Waals surface area contributed by atoms with Gasteiger partial charge in [-0.3, -0.25) is 4.79 Å². The van der Waals surface area contributed by atoms with Gasteiger partial charge in [-0.25, -0.2) is 0 Å². The third-order valence-electron chi connectivity index (χ3n) is 2.35. The Labute approximate surface area is 82.3 Å². The summed E-state index contributed by atoms with van der Waals surface area (Å²) in [6.07, 6.45) is 0. The van der Waals surface area contributed by atoms with Gasteiger partial charge in [-0.15, -0.1) is 0 Å². The van der Waals surface area contributed by atoms with Crippen LogP contribution in [-0.4, -0.2) is 19.6 Å². The summed E-state index contributed by atoms with van der Waals surface area (Å²) in [6, 6.07) is 5.63. The molecule has 1 aromatic carbocycles. The van der Waals surface area contributed by atoms with E-state index in [1.165, 1.54) is 0 Å². The summed E-state index contributed by atoms with van der Waals surface area (Å²) >= 11 is 0. The maximum atomic E-state index is 11.3. The summed E-state index contributed by atoms with van der Waals surface area (Å²) in [5.74, 6) is 0.705. The number of nitrogens with two attached hydrogens (primary N) is 1. The normalized spacial score (nSPS) is 15.0. The molecule has 4 heteroatoms. The second-order valence-electron chi connectivity index (χ2n) is 3.25. The van der Waals surface area contributed by atoms with Crippen molar-refractivity contribution in [2.45, 2.75) is 6.54 Å². The molecule has 0 atom stereocenters. The predicted octanol–water partition coefficient (Wildman–Crippen LogP) is 0.501. The van der Waals surface area contributed by atoms with Gasteiger partial charge in [0.1, 0.15) is 5.75 Å². The molecule has 1 amide bonds. The number of carbonyl (C=O) groups is 1. The van der Waals surface area contributed by atoms with Crippen LogP contribution >= 0.6 is 0 Å². The quantitative estimate of drug-likeness (QED) is 0.705. The second kappa shape index (κ2) is 3.31. The monoisotopic (exact) mass is 192 g/mol. The van der Waals surface area contributed by atoms with Crippen molar-refractivity contribution >= 4 is 11.6 Å². The van der Waals surface area contributed by atoms with Crippen molar-refractivity contribution in [2.75, 3.05) is 18.6 Å². The molecule has 1 aliphatic heterocycles. The van der Waals surface area contributed by atoms with Gasteiger partial charge in [0.2, 0.25) is 0 Å². The number of carbonyl (C=O) groups excluding carboxylic acids is 1. The van der Waals surface area contributed by atoms with Gasteiger partial charge in [0.05, 0.1) is 5.69 Å². The number of likely N-dealkylation sites (N-methyl/N-ethyl adjacent to an activating group) is 1. The molecule has 14 heavy (non-hydrogen) atoms. The van der Waals surface area contributed by atoms with E-state index in [0.717, 1.165) is 17.0 Å². The van der Waals surface area contributed by atoms with Gasteiger partial charge in [-0.1, -0.05) is 6.07 Å². The number of rotatable bonds is 1. The summed E-state index contributed by atoms with van der Waals surface area (Å²) in [7, 11) is 1.74. The Morgan fingerprint density at radius 2 is 2.36 bits per heavy atom. The Hall–Kier alpha value is -1.55. The van der Waals surface area contributed by atoms with Gasteiger partial charge in [0, 0.05) is 13.6 Å². The van der Waals surface area contributed by atoms with Gasteiger partial charge < -0.3 is 15.4 Å². The van der Waals surface area contributed by atoms with E-state index in [-0.39, 0.29) is 12.5 Å². The van der Waals surface area contributed by atoms with Crippen LogP contribution in [0.5, 0.6) is 5.75 Å². The summed E-state index contributed by atoms with van der Waals surface area (Å²) in [5.41, 5.74) is 7.31. The molecule has 0 saturated carbocycles. The Morgan fingerprint density at radius 1 is 1.57 bits per heavy atom. The van der Waals surface area contributed by atoms with E-state index in [0.29, 0.717) is 6.54 Å². The average molecular weight is 192 g/mol. The minimum absolute atomic E-state index is 0.0355. The van der Waals surface area contributed by atoms with Crippen LogP contribution in [0.3, 0.4) is 0 Å². The van der Waals surface area contributed by atoms with Crippen LogP contribution < -0.4 is 15.4 Å². The van der Waals surface area contributed by atoms with Crippen LogP contribution in [-0.2, 0) is 11.3 Å². The van der Waals surface area contributed by atoms with Gasteiger partial charge in [0.15, 0.2) is 6.61 Å². The molecular formula is C10H12N2O2. The molecule has 0 bridgehead atoms. The van der Waals surface area contributed by atoms with Gasteiger partial charge in [-0.05, 0) is 17.7 Å². The number of amides is 1. The number of ether oxygens (including phenoxy) is 1. The van der Waals surface area contributed by atoms with Crippen molar-refractivity contribution < 1.29 is 9.53 Å². The van der Waals surface area contributed by atoms with Crippen LogP contribution in [0.25, 0.3) is 0 Å². The van der Waals surface area contributed by atoms with Crippen molar-refractivity contribution in [3.63, 3.8) is 0 Å². The minimum Gasteiger partial charge on any atom is -0.482 e. The molecule has 2 N–H and O–H groups in total. The van der Waals surface area contributed by atoms with Crippen molar-refractivity contribution in [2.24, 2.45) is 5.73 Å². The Balaban J connectivity index is 2.46. The average Bonchev–Trinajstić information content (AvgIpc) is 2.23.